The highest BCUT2D eigenvalue weighted by Crippen LogP contribution is 2.20. The van der Waals surface area contributed by atoms with Crippen LogP contribution < -0.4 is 5.32 Å². The first-order chi connectivity index (χ1) is 7.84. The van der Waals surface area contributed by atoms with Gasteiger partial charge in [0.15, 0.2) is 0 Å². The van der Waals surface area contributed by atoms with E-state index >= 15 is 0 Å². The first-order valence-corrected chi connectivity index (χ1v) is 6.39. The second-order valence-corrected chi connectivity index (χ2v) is 5.01. The third kappa shape index (κ3) is 1.88. The second kappa shape index (κ2) is 3.99. The number of aromatic nitrogens is 3. The second-order valence-electron chi connectivity index (χ2n) is 4.14. The Balaban J connectivity index is 1.79. The molecular weight excluding hydrogens is 220 g/mol. The molecule has 1 fully saturated rings. The van der Waals surface area contributed by atoms with E-state index in [9.17, 15) is 0 Å². The van der Waals surface area contributed by atoms with Gasteiger partial charge in [-0.15, -0.1) is 11.3 Å². The van der Waals surface area contributed by atoms with Crippen molar-refractivity contribution in [2.24, 2.45) is 0 Å². The zero-order chi connectivity index (χ0) is 11.0. The van der Waals surface area contributed by atoms with Gasteiger partial charge in [0.1, 0.15) is 0 Å². The molecule has 0 saturated heterocycles. The van der Waals surface area contributed by atoms with E-state index in [1.54, 1.807) is 11.3 Å². The normalized spacial score (nSPS) is 15.6. The Labute approximate surface area is 98.3 Å². The van der Waals surface area contributed by atoms with Crippen molar-refractivity contribution in [2.75, 3.05) is 0 Å². The van der Waals surface area contributed by atoms with Gasteiger partial charge >= 0.3 is 0 Å². The predicted octanol–water partition coefficient (Wildman–Crippen LogP) is 1.89. The Morgan fingerprint density at radius 2 is 2.44 bits per heavy atom. The van der Waals surface area contributed by atoms with Crippen LogP contribution in [0, 0.1) is 6.92 Å². The van der Waals surface area contributed by atoms with Crippen LogP contribution in [0.5, 0.6) is 0 Å². The molecule has 0 aliphatic heterocycles. The van der Waals surface area contributed by atoms with Crippen molar-refractivity contribution in [1.29, 1.82) is 0 Å². The molecule has 3 rings (SSSR count). The molecule has 0 aromatic carbocycles. The Morgan fingerprint density at radius 3 is 3.12 bits per heavy atom. The monoisotopic (exact) mass is 234 g/mol. The summed E-state index contributed by atoms with van der Waals surface area (Å²) in [6.07, 6.45) is 6.38. The maximum Gasteiger partial charge on any atom is 0.210 e. The molecule has 1 N–H and O–H groups in total. The van der Waals surface area contributed by atoms with Gasteiger partial charge in [-0.1, -0.05) is 0 Å². The van der Waals surface area contributed by atoms with Crippen LogP contribution in [0.1, 0.15) is 24.1 Å². The summed E-state index contributed by atoms with van der Waals surface area (Å²) in [6.45, 7) is 3.01. The molecule has 5 heteroatoms. The summed E-state index contributed by atoms with van der Waals surface area (Å²) < 4.78 is 1.91. The highest BCUT2D eigenvalue weighted by Gasteiger charge is 2.21. The lowest BCUT2D eigenvalue weighted by Gasteiger charge is -2.02. The summed E-state index contributed by atoms with van der Waals surface area (Å²) in [4.78, 5) is 4.27. The molecule has 1 saturated carbocycles. The van der Waals surface area contributed by atoms with Crippen LogP contribution in [0.25, 0.3) is 5.13 Å². The smallest absolute Gasteiger partial charge is 0.210 e. The maximum atomic E-state index is 4.38. The summed E-state index contributed by atoms with van der Waals surface area (Å²) >= 11 is 1.61. The number of rotatable bonds is 4. The number of nitrogens with zero attached hydrogens (tertiary/aromatic N) is 3. The molecule has 2 heterocycles. The molecule has 2 aromatic heterocycles. The van der Waals surface area contributed by atoms with E-state index in [0.29, 0.717) is 0 Å². The zero-order valence-electron chi connectivity index (χ0n) is 9.18. The van der Waals surface area contributed by atoms with Gasteiger partial charge in [-0.25, -0.2) is 9.67 Å². The number of hydrogen-bond donors (Lipinski definition) is 1. The Hall–Kier alpha value is -1.20. The van der Waals surface area contributed by atoms with Gasteiger partial charge < -0.3 is 5.32 Å². The van der Waals surface area contributed by atoms with Crippen LogP contribution in [-0.2, 0) is 6.54 Å². The fourth-order valence-corrected chi connectivity index (χ4v) is 2.32. The number of thiazole rings is 1. The molecule has 0 radical (unpaired) electrons. The molecule has 84 valence electrons. The van der Waals surface area contributed by atoms with E-state index in [2.05, 4.69) is 22.3 Å². The molecule has 0 amide bonds. The van der Waals surface area contributed by atoms with Crippen molar-refractivity contribution >= 4 is 11.3 Å². The van der Waals surface area contributed by atoms with Gasteiger partial charge in [0.05, 0.1) is 6.20 Å². The van der Waals surface area contributed by atoms with Crippen molar-refractivity contribution in [3.63, 3.8) is 0 Å². The molecule has 16 heavy (non-hydrogen) atoms. The summed E-state index contributed by atoms with van der Waals surface area (Å²) in [5, 5.41) is 10.8. The molecule has 2 aromatic rings. The Bertz CT molecular complexity index is 470. The van der Waals surface area contributed by atoms with Crippen molar-refractivity contribution in [1.82, 2.24) is 20.1 Å². The third-order valence-electron chi connectivity index (χ3n) is 2.87. The van der Waals surface area contributed by atoms with Gasteiger partial charge in [0.25, 0.3) is 0 Å². The van der Waals surface area contributed by atoms with Gasteiger partial charge in [0, 0.05) is 35.4 Å². The molecule has 1 aliphatic carbocycles. The van der Waals surface area contributed by atoms with Crippen LogP contribution in [0.3, 0.4) is 0 Å². The quantitative estimate of drug-likeness (QED) is 0.878. The van der Waals surface area contributed by atoms with E-state index in [1.165, 1.54) is 24.1 Å². The van der Waals surface area contributed by atoms with Crippen molar-refractivity contribution in [3.8, 4) is 5.13 Å². The molecule has 0 atom stereocenters. The molecule has 0 unspecified atom stereocenters. The topological polar surface area (TPSA) is 42.7 Å². The molecule has 4 nitrogen and oxygen atoms in total. The fourth-order valence-electron chi connectivity index (χ4n) is 1.67. The van der Waals surface area contributed by atoms with E-state index in [0.717, 1.165) is 17.7 Å². The first-order valence-electron chi connectivity index (χ1n) is 5.51. The minimum atomic E-state index is 0.739. The van der Waals surface area contributed by atoms with Crippen LogP contribution in [0.4, 0.5) is 0 Å². The number of nitrogens with one attached hydrogen (secondary N) is 1. The average molecular weight is 234 g/mol. The average Bonchev–Trinajstić information content (AvgIpc) is 2.82. The molecule has 1 aliphatic rings. The predicted molar refractivity (Wildman–Crippen MR) is 63.8 cm³/mol. The SMILES string of the molecule is Cc1c(CNC2CC2)cnn1-c1nccs1. The van der Waals surface area contributed by atoms with Gasteiger partial charge in [0.2, 0.25) is 5.13 Å². The maximum absolute atomic E-state index is 4.38. The summed E-state index contributed by atoms with van der Waals surface area (Å²) in [5.74, 6) is 0. The van der Waals surface area contributed by atoms with Crippen molar-refractivity contribution < 1.29 is 0 Å². The highest BCUT2D eigenvalue weighted by atomic mass is 32.1. The zero-order valence-corrected chi connectivity index (χ0v) is 10.00. The minimum absolute atomic E-state index is 0.739. The Morgan fingerprint density at radius 1 is 1.56 bits per heavy atom. The van der Waals surface area contributed by atoms with Gasteiger partial charge in [-0.05, 0) is 19.8 Å². The Kier molecular flexibility index (Phi) is 2.49. The molecular formula is C11H14N4S. The van der Waals surface area contributed by atoms with E-state index in [1.807, 2.05) is 22.5 Å². The van der Waals surface area contributed by atoms with Crippen molar-refractivity contribution in [2.45, 2.75) is 32.4 Å². The molecule has 0 bridgehead atoms. The lowest BCUT2D eigenvalue weighted by molar-refractivity contribution is 0.684. The van der Waals surface area contributed by atoms with Crippen LogP contribution in [0.2, 0.25) is 0 Å². The van der Waals surface area contributed by atoms with Crippen molar-refractivity contribution in [3.05, 3.63) is 29.0 Å². The largest absolute Gasteiger partial charge is 0.310 e. The third-order valence-corrected chi connectivity index (χ3v) is 3.62. The first kappa shape index (κ1) is 9.99. The minimum Gasteiger partial charge on any atom is -0.310 e. The summed E-state index contributed by atoms with van der Waals surface area (Å²) in [7, 11) is 0. The standard InChI is InChI=1S/C11H14N4S/c1-8-9(6-13-10-2-3-10)7-14-15(8)11-12-4-5-16-11/h4-5,7,10,13H,2-3,6H2,1H3. The molecule has 0 spiro atoms. The highest BCUT2D eigenvalue weighted by molar-refractivity contribution is 7.12. The fraction of sp³-hybridized carbons (Fsp3) is 0.455. The van der Waals surface area contributed by atoms with Gasteiger partial charge in [-0.2, -0.15) is 5.10 Å². The van der Waals surface area contributed by atoms with Gasteiger partial charge in [-0.3, -0.25) is 0 Å². The summed E-state index contributed by atoms with van der Waals surface area (Å²) in [6, 6.07) is 0.739. The summed E-state index contributed by atoms with van der Waals surface area (Å²) in [5.41, 5.74) is 2.45. The lowest BCUT2D eigenvalue weighted by atomic mass is 10.2. The van der Waals surface area contributed by atoms with E-state index in [4.69, 9.17) is 0 Å². The number of hydrogen-bond acceptors (Lipinski definition) is 4. The van der Waals surface area contributed by atoms with E-state index < -0.39 is 0 Å². The van der Waals surface area contributed by atoms with Crippen LogP contribution >= 0.6 is 11.3 Å². The van der Waals surface area contributed by atoms with Crippen LogP contribution in [0.15, 0.2) is 17.8 Å². The van der Waals surface area contributed by atoms with Crippen LogP contribution in [-0.4, -0.2) is 20.8 Å². The van der Waals surface area contributed by atoms with E-state index in [-0.39, 0.29) is 0 Å². The lowest BCUT2D eigenvalue weighted by Crippen LogP contribution is -2.15.